The maximum Gasteiger partial charge on any atom is 0.0824 e. The van der Waals surface area contributed by atoms with Gasteiger partial charge in [0.15, 0.2) is 0 Å². The van der Waals surface area contributed by atoms with Crippen LogP contribution in [0.5, 0.6) is 0 Å². The summed E-state index contributed by atoms with van der Waals surface area (Å²) in [5.41, 5.74) is 0. The Hall–Kier alpha value is -1.15. The van der Waals surface area contributed by atoms with Gasteiger partial charge in [-0.3, -0.25) is 0 Å². The number of hydrogen-bond donors (Lipinski definition) is 0. The molecule has 0 saturated heterocycles. The van der Waals surface area contributed by atoms with Crippen LogP contribution in [-0.2, 0) is 4.74 Å². The largest absolute Gasteiger partial charge is 0.504 e. The van der Waals surface area contributed by atoms with E-state index in [-0.39, 0.29) is 0 Å². The molecule has 1 rings (SSSR count). The Labute approximate surface area is 83.1 Å². The summed E-state index contributed by atoms with van der Waals surface area (Å²) in [6.07, 6.45) is 5.44. The normalized spacial score (nSPS) is 11.2. The van der Waals surface area contributed by atoms with Crippen LogP contribution in [0.15, 0.2) is 59.0 Å². The lowest BCUT2D eigenvalue weighted by molar-refractivity contribution is 0.338. The molecular formula is C11H12OS. The van der Waals surface area contributed by atoms with Crippen molar-refractivity contribution in [2.45, 2.75) is 4.90 Å². The van der Waals surface area contributed by atoms with Crippen LogP contribution in [0.1, 0.15) is 0 Å². The molecule has 0 N–H and O–H groups in total. The highest BCUT2D eigenvalue weighted by atomic mass is 32.2. The van der Waals surface area contributed by atoms with E-state index >= 15 is 0 Å². The second-order valence-corrected chi connectivity index (χ2v) is 3.30. The first-order valence-corrected chi connectivity index (χ1v) is 4.87. The molecule has 1 aromatic rings. The summed E-state index contributed by atoms with van der Waals surface area (Å²) in [5, 5.41) is 2.02. The van der Waals surface area contributed by atoms with E-state index in [2.05, 4.69) is 12.1 Å². The van der Waals surface area contributed by atoms with Gasteiger partial charge in [0.2, 0.25) is 0 Å². The van der Waals surface area contributed by atoms with Crippen LogP contribution in [0.25, 0.3) is 0 Å². The Balaban J connectivity index is 2.35. The van der Waals surface area contributed by atoms with Crippen molar-refractivity contribution in [3.8, 4) is 0 Å². The second-order valence-electron chi connectivity index (χ2n) is 2.32. The minimum absolute atomic E-state index is 1.24. The van der Waals surface area contributed by atoms with E-state index in [9.17, 15) is 0 Å². The molecule has 0 aliphatic carbocycles. The van der Waals surface area contributed by atoms with Crippen LogP contribution in [0.2, 0.25) is 0 Å². The van der Waals surface area contributed by atoms with E-state index in [1.807, 2.05) is 35.8 Å². The predicted molar refractivity (Wildman–Crippen MR) is 57.6 cm³/mol. The van der Waals surface area contributed by atoms with Crippen molar-refractivity contribution in [1.29, 1.82) is 0 Å². The molecule has 0 amide bonds. The van der Waals surface area contributed by atoms with Crippen molar-refractivity contribution in [2.75, 3.05) is 7.11 Å². The van der Waals surface area contributed by atoms with Gasteiger partial charge in [0.05, 0.1) is 13.4 Å². The first-order chi connectivity index (χ1) is 6.43. The van der Waals surface area contributed by atoms with Crippen molar-refractivity contribution in [1.82, 2.24) is 0 Å². The Bertz CT molecular complexity index is 277. The number of methoxy groups -OCH3 is 1. The Morgan fingerprint density at radius 3 is 2.62 bits per heavy atom. The fraction of sp³-hybridized carbons (Fsp3) is 0.0909. The minimum atomic E-state index is 1.24. The molecule has 0 unspecified atom stereocenters. The molecule has 2 heteroatoms. The second kappa shape index (κ2) is 6.38. The highest BCUT2D eigenvalue weighted by Crippen LogP contribution is 2.17. The van der Waals surface area contributed by atoms with Crippen molar-refractivity contribution >= 4 is 11.8 Å². The predicted octanol–water partition coefficient (Wildman–Crippen LogP) is 3.45. The van der Waals surface area contributed by atoms with Gasteiger partial charge in [-0.1, -0.05) is 36.0 Å². The quantitative estimate of drug-likeness (QED) is 0.410. The zero-order valence-corrected chi connectivity index (χ0v) is 8.33. The van der Waals surface area contributed by atoms with Gasteiger partial charge in [-0.15, -0.1) is 0 Å². The lowest BCUT2D eigenvalue weighted by Gasteiger charge is -1.92. The molecule has 68 valence electrons. The first kappa shape index (κ1) is 9.93. The van der Waals surface area contributed by atoms with E-state index in [1.54, 1.807) is 25.1 Å². The number of allylic oxidation sites excluding steroid dienone is 2. The third-order valence-corrected chi connectivity index (χ3v) is 2.19. The number of benzene rings is 1. The molecule has 0 heterocycles. The fourth-order valence-electron chi connectivity index (χ4n) is 0.786. The maximum absolute atomic E-state index is 4.75. The summed E-state index contributed by atoms with van der Waals surface area (Å²) >= 11 is 1.68. The lowest BCUT2D eigenvalue weighted by Crippen LogP contribution is -1.64. The van der Waals surface area contributed by atoms with Gasteiger partial charge in [-0.05, 0) is 23.6 Å². The molecule has 0 spiro atoms. The molecule has 1 aromatic carbocycles. The molecule has 0 bridgehead atoms. The number of rotatable bonds is 4. The van der Waals surface area contributed by atoms with Crippen LogP contribution in [0, 0.1) is 0 Å². The van der Waals surface area contributed by atoms with Crippen molar-refractivity contribution in [2.24, 2.45) is 0 Å². The van der Waals surface area contributed by atoms with Crippen molar-refractivity contribution in [3.63, 3.8) is 0 Å². The third-order valence-electron chi connectivity index (χ3n) is 1.35. The topological polar surface area (TPSA) is 9.23 Å². The Morgan fingerprint density at radius 1 is 1.15 bits per heavy atom. The first-order valence-electron chi connectivity index (χ1n) is 3.99. The van der Waals surface area contributed by atoms with Crippen LogP contribution >= 0.6 is 11.8 Å². The number of hydrogen-bond acceptors (Lipinski definition) is 2. The number of thioether (sulfide) groups is 1. The van der Waals surface area contributed by atoms with E-state index in [0.717, 1.165) is 0 Å². The summed E-state index contributed by atoms with van der Waals surface area (Å²) in [5.74, 6) is 0. The third kappa shape index (κ3) is 4.43. The molecule has 0 saturated carbocycles. The molecule has 0 atom stereocenters. The van der Waals surface area contributed by atoms with Crippen LogP contribution in [0.3, 0.4) is 0 Å². The van der Waals surface area contributed by atoms with Crippen LogP contribution in [-0.4, -0.2) is 7.11 Å². The lowest BCUT2D eigenvalue weighted by atomic mass is 10.4. The summed E-state index contributed by atoms with van der Waals surface area (Å²) in [4.78, 5) is 1.24. The molecule has 0 aromatic heterocycles. The highest BCUT2D eigenvalue weighted by Gasteiger charge is 1.84. The summed E-state index contributed by atoms with van der Waals surface area (Å²) in [6.45, 7) is 0. The molecule has 0 fully saturated rings. The SMILES string of the molecule is CO/C=C/C=C\Sc1ccccc1. The van der Waals surface area contributed by atoms with E-state index in [4.69, 9.17) is 4.74 Å². The molecule has 0 aliphatic rings. The van der Waals surface area contributed by atoms with Crippen molar-refractivity contribution in [3.05, 3.63) is 54.2 Å². The van der Waals surface area contributed by atoms with Gasteiger partial charge < -0.3 is 4.74 Å². The zero-order chi connectivity index (χ0) is 9.36. The molecular weight excluding hydrogens is 180 g/mol. The van der Waals surface area contributed by atoms with Gasteiger partial charge in [-0.25, -0.2) is 0 Å². The van der Waals surface area contributed by atoms with Gasteiger partial charge in [0.1, 0.15) is 0 Å². The van der Waals surface area contributed by atoms with Crippen LogP contribution in [0.4, 0.5) is 0 Å². The Kier molecular flexibility index (Phi) is 4.87. The minimum Gasteiger partial charge on any atom is -0.504 e. The Morgan fingerprint density at radius 2 is 1.92 bits per heavy atom. The maximum atomic E-state index is 4.75. The van der Waals surface area contributed by atoms with E-state index in [1.165, 1.54) is 4.90 Å². The molecule has 1 nitrogen and oxygen atoms in total. The average Bonchev–Trinajstić information content (AvgIpc) is 2.19. The zero-order valence-electron chi connectivity index (χ0n) is 7.51. The van der Waals surface area contributed by atoms with Gasteiger partial charge in [0, 0.05) is 4.90 Å². The molecule has 0 radical (unpaired) electrons. The van der Waals surface area contributed by atoms with Gasteiger partial charge in [-0.2, -0.15) is 0 Å². The number of ether oxygens (including phenoxy) is 1. The summed E-state index contributed by atoms with van der Waals surface area (Å²) in [6, 6.07) is 10.2. The fourth-order valence-corrected chi connectivity index (χ4v) is 1.43. The smallest absolute Gasteiger partial charge is 0.0824 e. The summed E-state index contributed by atoms with van der Waals surface area (Å²) < 4.78 is 4.75. The summed E-state index contributed by atoms with van der Waals surface area (Å²) in [7, 11) is 1.63. The van der Waals surface area contributed by atoms with Crippen LogP contribution < -0.4 is 0 Å². The highest BCUT2D eigenvalue weighted by molar-refractivity contribution is 8.02. The van der Waals surface area contributed by atoms with Gasteiger partial charge in [0.25, 0.3) is 0 Å². The molecule has 13 heavy (non-hydrogen) atoms. The molecule has 0 aliphatic heterocycles. The average molecular weight is 192 g/mol. The van der Waals surface area contributed by atoms with Gasteiger partial charge >= 0.3 is 0 Å². The van der Waals surface area contributed by atoms with E-state index < -0.39 is 0 Å². The monoisotopic (exact) mass is 192 g/mol. The van der Waals surface area contributed by atoms with Crippen molar-refractivity contribution < 1.29 is 4.74 Å². The van der Waals surface area contributed by atoms with E-state index in [0.29, 0.717) is 0 Å². The standard InChI is InChI=1S/C11H12OS/c1-12-9-5-6-10-13-11-7-3-2-4-8-11/h2-10H,1H3/b9-5+,10-6-.